The topological polar surface area (TPSA) is 113 Å². The Morgan fingerprint density at radius 2 is 1.97 bits per heavy atom. The first-order valence-electron chi connectivity index (χ1n) is 9.68. The first-order chi connectivity index (χ1) is 13.9. The molecule has 2 amide bonds. The number of fused-ring (bicyclic) bond motifs is 1. The molecule has 1 saturated heterocycles. The summed E-state index contributed by atoms with van der Waals surface area (Å²) in [4.78, 5) is 39.2. The molecule has 0 radical (unpaired) electrons. The molecule has 1 aliphatic rings. The number of hydrogen-bond acceptors (Lipinski definition) is 5. The van der Waals surface area contributed by atoms with Gasteiger partial charge in [-0.15, -0.1) is 0 Å². The quantitative estimate of drug-likeness (QED) is 0.701. The first kappa shape index (κ1) is 19.0. The lowest BCUT2D eigenvalue weighted by Crippen LogP contribution is -2.39. The van der Waals surface area contributed by atoms with Crippen molar-refractivity contribution in [3.8, 4) is 0 Å². The van der Waals surface area contributed by atoms with E-state index in [2.05, 4.69) is 15.5 Å². The third-order valence-corrected chi connectivity index (χ3v) is 5.40. The van der Waals surface area contributed by atoms with Crippen LogP contribution < -0.4 is 11.1 Å². The van der Waals surface area contributed by atoms with Gasteiger partial charge in [-0.05, 0) is 51.3 Å². The number of benzene rings is 1. The summed E-state index contributed by atoms with van der Waals surface area (Å²) in [5.41, 5.74) is 3.23. The van der Waals surface area contributed by atoms with Crippen molar-refractivity contribution in [1.29, 1.82) is 0 Å². The normalized spacial score (nSPS) is 14.3. The third kappa shape index (κ3) is 3.67. The lowest BCUT2D eigenvalue weighted by atomic mass is 10.1. The van der Waals surface area contributed by atoms with Crippen molar-refractivity contribution in [1.82, 2.24) is 19.7 Å². The third-order valence-electron chi connectivity index (χ3n) is 5.40. The van der Waals surface area contributed by atoms with Gasteiger partial charge in [0, 0.05) is 30.0 Å². The highest BCUT2D eigenvalue weighted by atomic mass is 16.4. The van der Waals surface area contributed by atoms with Crippen LogP contribution in [0.25, 0.3) is 11.1 Å². The van der Waals surface area contributed by atoms with Crippen molar-refractivity contribution in [3.05, 3.63) is 45.7 Å². The molecule has 29 heavy (non-hydrogen) atoms. The second kappa shape index (κ2) is 7.57. The van der Waals surface area contributed by atoms with Crippen molar-refractivity contribution in [2.45, 2.75) is 39.7 Å². The number of nitrogens with one attached hydrogen (secondary N) is 2. The Morgan fingerprint density at radius 3 is 2.66 bits per heavy atom. The van der Waals surface area contributed by atoms with E-state index in [1.807, 2.05) is 13.8 Å². The van der Waals surface area contributed by atoms with E-state index in [1.54, 1.807) is 23.1 Å². The summed E-state index contributed by atoms with van der Waals surface area (Å²) >= 11 is 0. The maximum Gasteiger partial charge on any atom is 0.420 e. The van der Waals surface area contributed by atoms with Gasteiger partial charge in [-0.1, -0.05) is 0 Å². The molecule has 3 heterocycles. The van der Waals surface area contributed by atoms with Crippen LogP contribution in [-0.2, 0) is 11.3 Å². The number of hydrogen-bond donors (Lipinski definition) is 2. The van der Waals surface area contributed by atoms with E-state index in [4.69, 9.17) is 4.42 Å². The van der Waals surface area contributed by atoms with Gasteiger partial charge in [0.2, 0.25) is 5.91 Å². The van der Waals surface area contributed by atoms with E-state index < -0.39 is 5.76 Å². The number of carbonyl (C=O) groups excluding carboxylic acids is 2. The molecule has 9 nitrogen and oxygen atoms in total. The standard InChI is InChI=1S/C20H23N5O4/c1-12-13(2)22-23-18(12)19(27)21-14-6-7-16-15(10-14)25(20(28)29-16)11-17(26)24-8-4-3-5-9-24/h6-7,10H,3-5,8-9,11H2,1-2H3,(H,21,27)(H,22,23). The number of amides is 2. The predicted molar refractivity (Wildman–Crippen MR) is 107 cm³/mol. The molecule has 2 N–H and O–H groups in total. The van der Waals surface area contributed by atoms with E-state index in [0.717, 1.165) is 30.5 Å². The summed E-state index contributed by atoms with van der Waals surface area (Å²) in [5.74, 6) is -1.05. The number of anilines is 1. The summed E-state index contributed by atoms with van der Waals surface area (Å²) in [6, 6.07) is 4.89. The number of oxazole rings is 1. The average Bonchev–Trinajstić information content (AvgIpc) is 3.21. The average molecular weight is 397 g/mol. The molecule has 9 heteroatoms. The number of rotatable bonds is 4. The Kier molecular flexibility index (Phi) is 4.96. The Bertz CT molecular complexity index is 1130. The number of nitrogens with zero attached hydrogens (tertiary/aromatic N) is 3. The SMILES string of the molecule is Cc1[nH]nc(C(=O)Nc2ccc3oc(=O)n(CC(=O)N4CCCCC4)c3c2)c1C. The van der Waals surface area contributed by atoms with Crippen LogP contribution in [0.15, 0.2) is 27.4 Å². The smallest absolute Gasteiger partial charge is 0.408 e. The van der Waals surface area contributed by atoms with Crippen LogP contribution in [0, 0.1) is 13.8 Å². The van der Waals surface area contributed by atoms with Gasteiger partial charge < -0.3 is 14.6 Å². The maximum absolute atomic E-state index is 12.6. The fourth-order valence-electron chi connectivity index (χ4n) is 3.56. The second-order valence-corrected chi connectivity index (χ2v) is 7.35. The van der Waals surface area contributed by atoms with Gasteiger partial charge in [-0.25, -0.2) is 4.79 Å². The van der Waals surface area contributed by atoms with Gasteiger partial charge in [-0.3, -0.25) is 19.3 Å². The van der Waals surface area contributed by atoms with Crippen molar-refractivity contribution >= 4 is 28.6 Å². The van der Waals surface area contributed by atoms with Crippen molar-refractivity contribution < 1.29 is 14.0 Å². The molecule has 0 spiro atoms. The Balaban J connectivity index is 1.59. The minimum atomic E-state index is -0.590. The van der Waals surface area contributed by atoms with Crippen LogP contribution in [-0.4, -0.2) is 44.6 Å². The number of aromatic amines is 1. The van der Waals surface area contributed by atoms with Crippen LogP contribution in [0.2, 0.25) is 0 Å². The van der Waals surface area contributed by atoms with E-state index >= 15 is 0 Å². The van der Waals surface area contributed by atoms with Gasteiger partial charge in [-0.2, -0.15) is 5.10 Å². The van der Waals surface area contributed by atoms with Crippen LogP contribution in [0.1, 0.15) is 41.0 Å². The van der Waals surface area contributed by atoms with Gasteiger partial charge >= 0.3 is 5.76 Å². The van der Waals surface area contributed by atoms with Gasteiger partial charge in [0.05, 0.1) is 5.52 Å². The molecular weight excluding hydrogens is 374 g/mol. The molecule has 3 aromatic rings. The first-order valence-corrected chi connectivity index (χ1v) is 9.68. The number of H-pyrrole nitrogens is 1. The van der Waals surface area contributed by atoms with Crippen LogP contribution in [0.4, 0.5) is 5.69 Å². The molecule has 0 unspecified atom stereocenters. The zero-order valence-corrected chi connectivity index (χ0v) is 16.4. The molecule has 2 aromatic heterocycles. The Hall–Kier alpha value is -3.36. The summed E-state index contributed by atoms with van der Waals surface area (Å²) in [7, 11) is 0. The zero-order valence-electron chi connectivity index (χ0n) is 16.4. The highest BCUT2D eigenvalue weighted by Gasteiger charge is 2.20. The maximum atomic E-state index is 12.6. The van der Waals surface area contributed by atoms with Crippen molar-refractivity contribution in [3.63, 3.8) is 0 Å². The highest BCUT2D eigenvalue weighted by Crippen LogP contribution is 2.20. The second-order valence-electron chi connectivity index (χ2n) is 7.35. The number of aromatic nitrogens is 3. The summed E-state index contributed by atoms with van der Waals surface area (Å²) in [5, 5.41) is 9.59. The number of carbonyl (C=O) groups is 2. The van der Waals surface area contributed by atoms with Crippen molar-refractivity contribution in [2.75, 3.05) is 18.4 Å². The number of aryl methyl sites for hydroxylation is 1. The summed E-state index contributed by atoms with van der Waals surface area (Å²) in [6.07, 6.45) is 3.08. The molecule has 1 aromatic carbocycles. The molecule has 0 aliphatic carbocycles. The Morgan fingerprint density at radius 1 is 1.21 bits per heavy atom. The summed E-state index contributed by atoms with van der Waals surface area (Å²) in [6.45, 7) is 5.01. The van der Waals surface area contributed by atoms with Crippen LogP contribution in [0.3, 0.4) is 0 Å². The number of likely N-dealkylation sites (tertiary alicyclic amines) is 1. The van der Waals surface area contributed by atoms with E-state index in [-0.39, 0.29) is 18.4 Å². The molecule has 152 valence electrons. The monoisotopic (exact) mass is 397 g/mol. The van der Waals surface area contributed by atoms with Crippen LogP contribution >= 0.6 is 0 Å². The molecule has 0 saturated carbocycles. The van der Waals surface area contributed by atoms with Gasteiger partial charge in [0.25, 0.3) is 5.91 Å². The van der Waals surface area contributed by atoms with E-state index in [9.17, 15) is 14.4 Å². The zero-order chi connectivity index (χ0) is 20.5. The molecule has 1 fully saturated rings. The minimum Gasteiger partial charge on any atom is -0.408 e. The summed E-state index contributed by atoms with van der Waals surface area (Å²) < 4.78 is 6.57. The van der Waals surface area contributed by atoms with Gasteiger partial charge in [0.15, 0.2) is 11.3 Å². The van der Waals surface area contributed by atoms with E-state index in [1.165, 1.54) is 4.57 Å². The van der Waals surface area contributed by atoms with Crippen LogP contribution in [0.5, 0.6) is 0 Å². The largest absolute Gasteiger partial charge is 0.420 e. The minimum absolute atomic E-state index is 0.0824. The lowest BCUT2D eigenvalue weighted by molar-refractivity contribution is -0.132. The Labute approximate surface area is 166 Å². The highest BCUT2D eigenvalue weighted by molar-refractivity contribution is 6.04. The fraction of sp³-hybridized carbons (Fsp3) is 0.400. The molecular formula is C20H23N5O4. The van der Waals surface area contributed by atoms with Crippen molar-refractivity contribution in [2.24, 2.45) is 0 Å². The molecule has 1 aliphatic heterocycles. The molecule has 0 bridgehead atoms. The molecule has 0 atom stereocenters. The molecule has 4 rings (SSSR count). The van der Waals surface area contributed by atoms with Gasteiger partial charge in [0.1, 0.15) is 6.54 Å². The predicted octanol–water partition coefficient (Wildman–Crippen LogP) is 2.20. The fourth-order valence-corrected chi connectivity index (χ4v) is 3.56. The lowest BCUT2D eigenvalue weighted by Gasteiger charge is -2.26. The number of piperidine rings is 1. The van der Waals surface area contributed by atoms with E-state index in [0.29, 0.717) is 35.6 Å².